The van der Waals surface area contributed by atoms with Gasteiger partial charge in [-0.3, -0.25) is 0 Å². The predicted octanol–water partition coefficient (Wildman–Crippen LogP) is 3.50. The van der Waals surface area contributed by atoms with Gasteiger partial charge in [0, 0.05) is 6.04 Å². The molecule has 78 valence electrons. The van der Waals surface area contributed by atoms with Gasteiger partial charge >= 0.3 is 0 Å². The summed E-state index contributed by atoms with van der Waals surface area (Å²) >= 11 is 0. The molecule has 0 bridgehead atoms. The average molecular weight is 183 g/mol. The molecule has 0 aromatic carbocycles. The Labute approximate surface area is 83.4 Å². The van der Waals surface area contributed by atoms with Gasteiger partial charge in [0.1, 0.15) is 0 Å². The van der Waals surface area contributed by atoms with Crippen molar-refractivity contribution in [2.24, 2.45) is 11.7 Å². The lowest BCUT2D eigenvalue weighted by Crippen LogP contribution is -2.17. The van der Waals surface area contributed by atoms with E-state index in [9.17, 15) is 0 Å². The largest absolute Gasteiger partial charge is 0.324 e. The SMILES string of the molecule is CCC(C)CCC(C)=C(C)C(C)N. The Kier molecular flexibility index (Phi) is 6.06. The Morgan fingerprint density at radius 1 is 1.23 bits per heavy atom. The van der Waals surface area contributed by atoms with Gasteiger partial charge in [0.05, 0.1) is 0 Å². The number of allylic oxidation sites excluding steroid dienone is 1. The monoisotopic (exact) mass is 183 g/mol. The molecule has 0 rings (SSSR count). The van der Waals surface area contributed by atoms with Crippen molar-refractivity contribution >= 4 is 0 Å². The van der Waals surface area contributed by atoms with Gasteiger partial charge in [0.25, 0.3) is 0 Å². The third-order valence-corrected chi connectivity index (χ3v) is 3.07. The smallest absolute Gasteiger partial charge is 0.0224 e. The summed E-state index contributed by atoms with van der Waals surface area (Å²) in [5.74, 6) is 0.843. The van der Waals surface area contributed by atoms with Gasteiger partial charge in [0.15, 0.2) is 0 Å². The Balaban J connectivity index is 3.99. The quantitative estimate of drug-likeness (QED) is 0.649. The zero-order valence-electron chi connectivity index (χ0n) is 9.85. The molecule has 0 aliphatic carbocycles. The van der Waals surface area contributed by atoms with Crippen molar-refractivity contribution in [1.29, 1.82) is 0 Å². The maximum atomic E-state index is 5.82. The van der Waals surface area contributed by atoms with Gasteiger partial charge in [-0.1, -0.05) is 31.4 Å². The van der Waals surface area contributed by atoms with Gasteiger partial charge in [-0.15, -0.1) is 0 Å². The Bertz CT molecular complexity index is 168. The number of nitrogens with two attached hydrogens (primary N) is 1. The summed E-state index contributed by atoms with van der Waals surface area (Å²) in [5, 5.41) is 0. The first-order valence-electron chi connectivity index (χ1n) is 5.40. The molecule has 2 N–H and O–H groups in total. The molecule has 0 spiro atoms. The van der Waals surface area contributed by atoms with Crippen LogP contribution in [-0.2, 0) is 0 Å². The third-order valence-electron chi connectivity index (χ3n) is 3.07. The molecule has 0 aliphatic heterocycles. The Hall–Kier alpha value is -0.300. The average Bonchev–Trinajstić information content (AvgIpc) is 2.11. The van der Waals surface area contributed by atoms with Crippen molar-refractivity contribution in [2.75, 3.05) is 0 Å². The molecule has 0 saturated heterocycles. The van der Waals surface area contributed by atoms with Crippen LogP contribution in [-0.4, -0.2) is 6.04 Å². The van der Waals surface area contributed by atoms with Crippen LogP contribution in [0.15, 0.2) is 11.1 Å². The summed E-state index contributed by atoms with van der Waals surface area (Å²) in [6.07, 6.45) is 3.79. The van der Waals surface area contributed by atoms with E-state index < -0.39 is 0 Å². The lowest BCUT2D eigenvalue weighted by atomic mass is 9.96. The minimum atomic E-state index is 0.219. The second kappa shape index (κ2) is 6.20. The van der Waals surface area contributed by atoms with E-state index in [4.69, 9.17) is 5.73 Å². The molecule has 1 nitrogen and oxygen atoms in total. The molecule has 0 aliphatic rings. The molecule has 0 saturated carbocycles. The molecule has 0 fully saturated rings. The topological polar surface area (TPSA) is 26.0 Å². The van der Waals surface area contributed by atoms with Gasteiger partial charge in [-0.2, -0.15) is 0 Å². The number of hydrogen-bond donors (Lipinski definition) is 1. The van der Waals surface area contributed by atoms with Crippen molar-refractivity contribution in [2.45, 2.75) is 59.9 Å². The first-order valence-corrected chi connectivity index (χ1v) is 5.40. The van der Waals surface area contributed by atoms with Gasteiger partial charge in [-0.25, -0.2) is 0 Å². The molecule has 13 heavy (non-hydrogen) atoms. The molecule has 0 aromatic rings. The fourth-order valence-electron chi connectivity index (χ4n) is 1.25. The van der Waals surface area contributed by atoms with E-state index in [1.807, 2.05) is 0 Å². The number of rotatable bonds is 5. The van der Waals surface area contributed by atoms with Crippen LogP contribution in [0.2, 0.25) is 0 Å². The predicted molar refractivity (Wildman–Crippen MR) is 60.7 cm³/mol. The van der Waals surface area contributed by atoms with Crippen molar-refractivity contribution < 1.29 is 0 Å². The van der Waals surface area contributed by atoms with Gasteiger partial charge in [-0.05, 0) is 39.5 Å². The molecule has 2 atom stereocenters. The summed E-state index contributed by atoms with van der Waals surface area (Å²) in [4.78, 5) is 0. The van der Waals surface area contributed by atoms with E-state index in [1.165, 1.54) is 30.4 Å². The molecule has 1 heteroatoms. The summed E-state index contributed by atoms with van der Waals surface area (Å²) in [7, 11) is 0. The fourth-order valence-corrected chi connectivity index (χ4v) is 1.25. The minimum absolute atomic E-state index is 0.219. The normalized spacial score (nSPS) is 18.0. The van der Waals surface area contributed by atoms with Crippen LogP contribution in [0.3, 0.4) is 0 Å². The highest BCUT2D eigenvalue weighted by atomic mass is 14.6. The molecule has 0 radical (unpaired) electrons. The van der Waals surface area contributed by atoms with Crippen molar-refractivity contribution in [1.82, 2.24) is 0 Å². The van der Waals surface area contributed by atoms with Crippen molar-refractivity contribution in [3.63, 3.8) is 0 Å². The van der Waals surface area contributed by atoms with Crippen LogP contribution in [0.4, 0.5) is 0 Å². The van der Waals surface area contributed by atoms with Crippen LogP contribution in [0.25, 0.3) is 0 Å². The first kappa shape index (κ1) is 12.7. The highest BCUT2D eigenvalue weighted by Crippen LogP contribution is 2.17. The second-order valence-corrected chi connectivity index (χ2v) is 4.30. The highest BCUT2D eigenvalue weighted by Gasteiger charge is 2.04. The summed E-state index contributed by atoms with van der Waals surface area (Å²) < 4.78 is 0. The zero-order valence-corrected chi connectivity index (χ0v) is 9.85. The molecule has 0 aromatic heterocycles. The zero-order chi connectivity index (χ0) is 10.4. The van der Waals surface area contributed by atoms with E-state index in [2.05, 4.69) is 34.6 Å². The molecular weight excluding hydrogens is 158 g/mol. The Morgan fingerprint density at radius 2 is 1.77 bits per heavy atom. The second-order valence-electron chi connectivity index (χ2n) is 4.30. The molecule has 0 amide bonds. The van der Waals surface area contributed by atoms with Crippen LogP contribution >= 0.6 is 0 Å². The standard InChI is InChI=1S/C12H25N/c1-6-9(2)7-8-10(3)11(4)12(5)13/h9,12H,6-8,13H2,1-5H3. The molecular formula is C12H25N. The Morgan fingerprint density at radius 3 is 2.15 bits per heavy atom. The molecule has 2 unspecified atom stereocenters. The maximum absolute atomic E-state index is 5.82. The summed E-state index contributed by atoms with van der Waals surface area (Å²) in [6.45, 7) is 11.0. The maximum Gasteiger partial charge on any atom is 0.0224 e. The van der Waals surface area contributed by atoms with E-state index in [0.717, 1.165) is 5.92 Å². The van der Waals surface area contributed by atoms with E-state index in [0.29, 0.717) is 0 Å². The minimum Gasteiger partial charge on any atom is -0.324 e. The van der Waals surface area contributed by atoms with Crippen LogP contribution < -0.4 is 5.73 Å². The lowest BCUT2D eigenvalue weighted by Gasteiger charge is -2.13. The van der Waals surface area contributed by atoms with Crippen LogP contribution in [0.5, 0.6) is 0 Å². The van der Waals surface area contributed by atoms with E-state index in [-0.39, 0.29) is 6.04 Å². The van der Waals surface area contributed by atoms with Gasteiger partial charge in [0.2, 0.25) is 0 Å². The van der Waals surface area contributed by atoms with E-state index in [1.54, 1.807) is 0 Å². The van der Waals surface area contributed by atoms with Crippen molar-refractivity contribution in [3.8, 4) is 0 Å². The fraction of sp³-hybridized carbons (Fsp3) is 0.833. The highest BCUT2D eigenvalue weighted by molar-refractivity contribution is 5.14. The van der Waals surface area contributed by atoms with Crippen LogP contribution in [0.1, 0.15) is 53.9 Å². The summed E-state index contributed by atoms with van der Waals surface area (Å²) in [6, 6.07) is 0.219. The first-order chi connectivity index (χ1) is 5.99. The van der Waals surface area contributed by atoms with Crippen molar-refractivity contribution in [3.05, 3.63) is 11.1 Å². The van der Waals surface area contributed by atoms with E-state index >= 15 is 0 Å². The number of hydrogen-bond acceptors (Lipinski definition) is 1. The molecule has 0 heterocycles. The van der Waals surface area contributed by atoms with Gasteiger partial charge < -0.3 is 5.73 Å². The lowest BCUT2D eigenvalue weighted by molar-refractivity contribution is 0.513. The van der Waals surface area contributed by atoms with Crippen LogP contribution in [0, 0.1) is 5.92 Å². The third kappa shape index (κ3) is 5.09. The summed E-state index contributed by atoms with van der Waals surface area (Å²) in [5.41, 5.74) is 8.66.